The molecule has 3 aromatic rings. The van der Waals surface area contributed by atoms with Crippen molar-refractivity contribution >= 4 is 23.4 Å². The molecule has 146 valence electrons. The second kappa shape index (κ2) is 8.88. The number of hydrogen-bond donors (Lipinski definition) is 1. The number of nitrogens with one attached hydrogen (secondary N) is 1. The molecule has 0 bridgehead atoms. The van der Waals surface area contributed by atoms with Crippen molar-refractivity contribution in [3.8, 4) is 5.75 Å². The van der Waals surface area contributed by atoms with E-state index in [2.05, 4.69) is 15.5 Å². The van der Waals surface area contributed by atoms with Gasteiger partial charge >= 0.3 is 0 Å². The molecule has 8 heteroatoms. The first kappa shape index (κ1) is 19.9. The number of thioether (sulfide) groups is 1. The molecule has 0 spiro atoms. The van der Waals surface area contributed by atoms with Crippen molar-refractivity contribution in [2.45, 2.75) is 37.3 Å². The zero-order chi connectivity index (χ0) is 20.1. The maximum atomic E-state index is 13.7. The smallest absolute Gasteiger partial charge is 0.277 e. The van der Waals surface area contributed by atoms with Gasteiger partial charge in [0.15, 0.2) is 17.7 Å². The zero-order valence-corrected chi connectivity index (χ0v) is 16.5. The lowest BCUT2D eigenvalue weighted by Gasteiger charge is -2.11. The fourth-order valence-electron chi connectivity index (χ4n) is 2.30. The number of carbonyl (C=O) groups is 1. The van der Waals surface area contributed by atoms with Crippen LogP contribution in [0.5, 0.6) is 5.75 Å². The third-order valence-electron chi connectivity index (χ3n) is 3.88. The number of ether oxygens (including phenoxy) is 1. The summed E-state index contributed by atoms with van der Waals surface area (Å²) in [7, 11) is 0. The highest BCUT2D eigenvalue weighted by Gasteiger charge is 2.21. The number of anilines is 1. The molecule has 0 aliphatic carbocycles. The van der Waals surface area contributed by atoms with Crippen LogP contribution in [0.3, 0.4) is 0 Å². The minimum Gasteiger partial charge on any atom is -0.478 e. The summed E-state index contributed by atoms with van der Waals surface area (Å²) in [6.45, 7) is 5.41. The summed E-state index contributed by atoms with van der Waals surface area (Å²) in [5.41, 5.74) is 1.84. The molecule has 1 heterocycles. The third-order valence-corrected chi connectivity index (χ3v) is 4.81. The molecule has 0 saturated carbocycles. The number of rotatable bonds is 7. The normalized spacial score (nSPS) is 13.0. The van der Waals surface area contributed by atoms with E-state index in [1.54, 1.807) is 26.0 Å². The van der Waals surface area contributed by atoms with Crippen LogP contribution in [0.25, 0.3) is 0 Å². The summed E-state index contributed by atoms with van der Waals surface area (Å²) in [6, 6.07) is 13.6. The molecular formula is C20H20FN3O3S. The zero-order valence-electron chi connectivity index (χ0n) is 15.7. The summed E-state index contributed by atoms with van der Waals surface area (Å²) >= 11 is 1.14. The highest BCUT2D eigenvalue weighted by molar-refractivity contribution is 8.00. The lowest BCUT2D eigenvalue weighted by molar-refractivity contribution is -0.115. The first-order chi connectivity index (χ1) is 13.4. The molecule has 0 saturated heterocycles. The van der Waals surface area contributed by atoms with E-state index < -0.39 is 17.2 Å². The molecule has 1 amide bonds. The molecule has 3 rings (SSSR count). The fraction of sp³-hybridized carbons (Fsp3) is 0.250. The first-order valence-electron chi connectivity index (χ1n) is 8.71. The maximum absolute atomic E-state index is 13.7. The second-order valence-electron chi connectivity index (χ2n) is 6.21. The van der Waals surface area contributed by atoms with E-state index in [0.29, 0.717) is 0 Å². The van der Waals surface area contributed by atoms with Crippen LogP contribution in [-0.2, 0) is 4.79 Å². The molecule has 2 atom stereocenters. The van der Waals surface area contributed by atoms with Crippen LogP contribution in [0, 0.1) is 12.7 Å². The Morgan fingerprint density at radius 2 is 1.86 bits per heavy atom. The molecule has 0 fully saturated rings. The highest BCUT2D eigenvalue weighted by atomic mass is 32.2. The Morgan fingerprint density at radius 1 is 1.14 bits per heavy atom. The minimum atomic E-state index is -0.629. The SMILES string of the molecule is Cc1ccc(NC(=O)[C@H](C)Sc2nnc([C@@H](C)Oc3ccccc3F)o2)cc1. The Labute approximate surface area is 166 Å². The van der Waals surface area contributed by atoms with Crippen molar-refractivity contribution in [1.29, 1.82) is 0 Å². The van der Waals surface area contributed by atoms with E-state index in [1.807, 2.05) is 31.2 Å². The molecule has 0 aliphatic heterocycles. The van der Waals surface area contributed by atoms with Crippen molar-refractivity contribution < 1.29 is 18.3 Å². The largest absolute Gasteiger partial charge is 0.478 e. The number of aryl methyl sites for hydroxylation is 1. The van der Waals surface area contributed by atoms with Crippen LogP contribution in [0.4, 0.5) is 10.1 Å². The lowest BCUT2D eigenvalue weighted by atomic mass is 10.2. The van der Waals surface area contributed by atoms with Crippen LogP contribution < -0.4 is 10.1 Å². The van der Waals surface area contributed by atoms with Gasteiger partial charge in [0.2, 0.25) is 5.91 Å². The Morgan fingerprint density at radius 3 is 2.57 bits per heavy atom. The first-order valence-corrected chi connectivity index (χ1v) is 9.59. The van der Waals surface area contributed by atoms with Crippen LogP contribution in [-0.4, -0.2) is 21.4 Å². The van der Waals surface area contributed by atoms with Crippen LogP contribution >= 0.6 is 11.8 Å². The topological polar surface area (TPSA) is 77.2 Å². The summed E-state index contributed by atoms with van der Waals surface area (Å²) in [6.07, 6.45) is -0.629. The van der Waals surface area contributed by atoms with Gasteiger partial charge in [0, 0.05) is 5.69 Å². The van der Waals surface area contributed by atoms with Gasteiger partial charge in [-0.2, -0.15) is 0 Å². The quantitative estimate of drug-likeness (QED) is 0.574. The number of carbonyl (C=O) groups excluding carboxylic acids is 1. The summed E-state index contributed by atoms with van der Waals surface area (Å²) < 4.78 is 24.8. The van der Waals surface area contributed by atoms with Gasteiger partial charge in [-0.25, -0.2) is 4.39 Å². The monoisotopic (exact) mass is 401 g/mol. The molecule has 6 nitrogen and oxygen atoms in total. The summed E-state index contributed by atoms with van der Waals surface area (Å²) in [5.74, 6) is -0.334. The van der Waals surface area contributed by atoms with Gasteiger partial charge < -0.3 is 14.5 Å². The highest BCUT2D eigenvalue weighted by Crippen LogP contribution is 2.27. The van der Waals surface area contributed by atoms with Crippen molar-refractivity contribution in [3.63, 3.8) is 0 Å². The number of halogens is 1. The van der Waals surface area contributed by atoms with Crippen LogP contribution in [0.1, 0.15) is 31.4 Å². The molecule has 1 N–H and O–H groups in total. The Hall–Kier alpha value is -2.87. The predicted octanol–water partition coefficient (Wildman–Crippen LogP) is 4.78. The Balaban J connectivity index is 1.58. The van der Waals surface area contributed by atoms with Crippen molar-refractivity contribution in [2.75, 3.05) is 5.32 Å². The van der Waals surface area contributed by atoms with Gasteiger partial charge in [-0.05, 0) is 45.0 Å². The van der Waals surface area contributed by atoms with E-state index in [0.717, 1.165) is 23.0 Å². The summed E-state index contributed by atoms with van der Waals surface area (Å²) in [4.78, 5) is 12.3. The molecule has 0 unspecified atom stereocenters. The van der Waals surface area contributed by atoms with Crippen LogP contribution in [0.2, 0.25) is 0 Å². The lowest BCUT2D eigenvalue weighted by Crippen LogP contribution is -2.22. The molecular weight excluding hydrogens is 381 g/mol. The summed E-state index contributed by atoms with van der Waals surface area (Å²) in [5, 5.41) is 10.5. The van der Waals surface area contributed by atoms with Gasteiger partial charge in [0.1, 0.15) is 0 Å². The number of nitrogens with zero attached hydrogens (tertiary/aromatic N) is 2. The Bertz CT molecular complexity index is 946. The van der Waals surface area contributed by atoms with E-state index >= 15 is 0 Å². The van der Waals surface area contributed by atoms with E-state index in [4.69, 9.17) is 9.15 Å². The molecule has 0 radical (unpaired) electrons. The van der Waals surface area contributed by atoms with Gasteiger partial charge in [-0.3, -0.25) is 4.79 Å². The van der Waals surface area contributed by atoms with E-state index in [9.17, 15) is 9.18 Å². The maximum Gasteiger partial charge on any atom is 0.277 e. The number of amides is 1. The van der Waals surface area contributed by atoms with Gasteiger partial charge in [0.05, 0.1) is 5.25 Å². The predicted molar refractivity (Wildman–Crippen MR) is 105 cm³/mol. The standard InChI is InChI=1S/C20H20FN3O3S/c1-12-8-10-15(11-9-12)22-18(25)14(3)28-20-24-23-19(27-20)13(2)26-17-7-5-4-6-16(17)21/h4-11,13-14H,1-3H3,(H,22,25)/t13-,14+/m1/s1. The molecule has 2 aromatic carbocycles. The van der Waals surface area contributed by atoms with E-state index in [1.165, 1.54) is 12.1 Å². The van der Waals surface area contributed by atoms with Gasteiger partial charge in [-0.15, -0.1) is 10.2 Å². The van der Waals surface area contributed by atoms with Crippen molar-refractivity contribution in [2.24, 2.45) is 0 Å². The number of para-hydroxylation sites is 1. The third kappa shape index (κ3) is 5.10. The van der Waals surface area contributed by atoms with Gasteiger partial charge in [0.25, 0.3) is 11.1 Å². The van der Waals surface area contributed by atoms with E-state index in [-0.39, 0.29) is 22.8 Å². The number of benzene rings is 2. The number of hydrogen-bond acceptors (Lipinski definition) is 6. The number of aromatic nitrogens is 2. The minimum absolute atomic E-state index is 0.105. The Kier molecular flexibility index (Phi) is 6.30. The fourth-order valence-corrected chi connectivity index (χ4v) is 2.99. The molecule has 1 aromatic heterocycles. The average Bonchev–Trinajstić information content (AvgIpc) is 3.14. The molecule has 0 aliphatic rings. The average molecular weight is 401 g/mol. The van der Waals surface area contributed by atoms with Crippen molar-refractivity contribution in [3.05, 3.63) is 65.8 Å². The van der Waals surface area contributed by atoms with Crippen molar-refractivity contribution in [1.82, 2.24) is 10.2 Å². The van der Waals surface area contributed by atoms with Gasteiger partial charge in [-0.1, -0.05) is 41.6 Å². The van der Waals surface area contributed by atoms with Crippen LogP contribution in [0.15, 0.2) is 58.2 Å². The second-order valence-corrected chi connectivity index (χ2v) is 7.50. The molecule has 28 heavy (non-hydrogen) atoms.